The molecule has 0 aliphatic heterocycles. The largest absolute Gasteiger partial charge is 0.349 e. The van der Waals surface area contributed by atoms with Crippen LogP contribution in [0.1, 0.15) is 39.7 Å². The minimum Gasteiger partial charge on any atom is -0.349 e. The summed E-state index contributed by atoms with van der Waals surface area (Å²) in [6, 6.07) is 1.90. The van der Waals surface area contributed by atoms with Crippen LogP contribution < -0.4 is 5.32 Å². The van der Waals surface area contributed by atoms with Crippen LogP contribution in [0, 0.1) is 20.8 Å². The van der Waals surface area contributed by atoms with Gasteiger partial charge in [-0.2, -0.15) is 10.1 Å². The van der Waals surface area contributed by atoms with Gasteiger partial charge in [0.25, 0.3) is 11.7 Å². The number of carbonyl (C=O) groups is 1. The Labute approximate surface area is 133 Å². The smallest absolute Gasteiger partial charge is 0.291 e. The molecule has 0 aromatic carbocycles. The van der Waals surface area contributed by atoms with E-state index >= 15 is 0 Å². The second kappa shape index (κ2) is 6.15. The fourth-order valence-corrected chi connectivity index (χ4v) is 2.45. The number of aryl methyl sites for hydroxylation is 4. The topological polar surface area (TPSA) is 101 Å². The number of aromatic amines is 1. The summed E-state index contributed by atoms with van der Waals surface area (Å²) in [5.74, 6) is 0.309. The zero-order valence-electron chi connectivity index (χ0n) is 13.4. The average molecular weight is 313 g/mol. The number of amides is 1. The first-order chi connectivity index (χ1) is 11.0. The molecule has 0 unspecified atom stereocenters. The monoisotopic (exact) mass is 313 g/mol. The number of aromatic nitrogens is 6. The van der Waals surface area contributed by atoms with Gasteiger partial charge in [0.15, 0.2) is 0 Å². The van der Waals surface area contributed by atoms with Crippen molar-refractivity contribution < 1.29 is 4.79 Å². The summed E-state index contributed by atoms with van der Waals surface area (Å²) in [6.45, 7) is 6.34. The highest BCUT2D eigenvalue weighted by Crippen LogP contribution is 2.06. The molecule has 2 N–H and O–H groups in total. The van der Waals surface area contributed by atoms with E-state index in [0.29, 0.717) is 12.3 Å². The van der Waals surface area contributed by atoms with E-state index in [1.54, 1.807) is 4.52 Å². The molecule has 3 rings (SSSR count). The predicted octanol–water partition coefficient (Wildman–Crippen LogP) is 1.14. The van der Waals surface area contributed by atoms with E-state index in [1.807, 2.05) is 33.0 Å². The van der Waals surface area contributed by atoms with Crippen molar-refractivity contribution in [3.8, 4) is 0 Å². The molecule has 23 heavy (non-hydrogen) atoms. The fraction of sp³-hybridized carbons (Fsp3) is 0.400. The Kier molecular flexibility index (Phi) is 4.05. The molecule has 0 spiro atoms. The van der Waals surface area contributed by atoms with Gasteiger partial charge in [-0.15, -0.1) is 5.10 Å². The van der Waals surface area contributed by atoms with Gasteiger partial charge < -0.3 is 5.32 Å². The standard InChI is InChI=1S/C15H19N7O/c1-9-7-10(2)22-15(18-9)19-13(21-22)14(23)16-6-4-5-12-8-17-20-11(12)3/h7-8H,4-6H2,1-3H3,(H,16,23)(H,17,20). The molecule has 0 aliphatic carbocycles. The summed E-state index contributed by atoms with van der Waals surface area (Å²) in [5.41, 5.74) is 3.98. The van der Waals surface area contributed by atoms with Crippen LogP contribution in [0.25, 0.3) is 5.78 Å². The predicted molar refractivity (Wildman–Crippen MR) is 84.2 cm³/mol. The van der Waals surface area contributed by atoms with Gasteiger partial charge in [-0.25, -0.2) is 9.50 Å². The van der Waals surface area contributed by atoms with E-state index in [2.05, 4.69) is 30.6 Å². The minimum atomic E-state index is -0.281. The van der Waals surface area contributed by atoms with E-state index in [1.165, 1.54) is 5.56 Å². The van der Waals surface area contributed by atoms with E-state index < -0.39 is 0 Å². The van der Waals surface area contributed by atoms with Crippen molar-refractivity contribution in [3.05, 3.63) is 40.7 Å². The molecular formula is C15H19N7O. The first-order valence-electron chi connectivity index (χ1n) is 7.52. The molecule has 3 heterocycles. The van der Waals surface area contributed by atoms with Crippen LogP contribution in [0.2, 0.25) is 0 Å². The van der Waals surface area contributed by atoms with Crippen LogP contribution in [0.4, 0.5) is 0 Å². The summed E-state index contributed by atoms with van der Waals surface area (Å²) in [6.07, 6.45) is 3.51. The fourth-order valence-electron chi connectivity index (χ4n) is 2.45. The van der Waals surface area contributed by atoms with Gasteiger partial charge in [-0.05, 0) is 45.2 Å². The average Bonchev–Trinajstić information content (AvgIpc) is 3.10. The number of H-pyrrole nitrogens is 1. The Hall–Kier alpha value is -2.77. The molecule has 0 radical (unpaired) electrons. The van der Waals surface area contributed by atoms with E-state index in [4.69, 9.17) is 0 Å². The summed E-state index contributed by atoms with van der Waals surface area (Å²) in [7, 11) is 0. The molecule has 0 saturated heterocycles. The normalized spacial score (nSPS) is 11.1. The number of hydrogen-bond acceptors (Lipinski definition) is 5. The highest BCUT2D eigenvalue weighted by molar-refractivity contribution is 5.90. The SMILES string of the molecule is Cc1cc(C)n2nc(C(=O)NCCCc3cn[nH]c3C)nc2n1. The van der Waals surface area contributed by atoms with Crippen molar-refractivity contribution in [3.63, 3.8) is 0 Å². The molecule has 0 saturated carbocycles. The molecule has 8 heteroatoms. The third-order valence-electron chi connectivity index (χ3n) is 3.66. The Morgan fingerprint density at radius 2 is 2.13 bits per heavy atom. The highest BCUT2D eigenvalue weighted by Gasteiger charge is 2.14. The lowest BCUT2D eigenvalue weighted by Crippen LogP contribution is -2.26. The van der Waals surface area contributed by atoms with Crippen LogP contribution in [0.5, 0.6) is 0 Å². The van der Waals surface area contributed by atoms with Gasteiger partial charge >= 0.3 is 0 Å². The maximum absolute atomic E-state index is 12.1. The van der Waals surface area contributed by atoms with Gasteiger partial charge in [-0.1, -0.05) is 0 Å². The third-order valence-corrected chi connectivity index (χ3v) is 3.66. The summed E-state index contributed by atoms with van der Waals surface area (Å²) >= 11 is 0. The van der Waals surface area contributed by atoms with Gasteiger partial charge in [0, 0.05) is 23.6 Å². The maximum atomic E-state index is 12.1. The number of nitrogens with zero attached hydrogens (tertiary/aromatic N) is 5. The lowest BCUT2D eigenvalue weighted by molar-refractivity contribution is 0.0943. The van der Waals surface area contributed by atoms with Crippen molar-refractivity contribution in [1.29, 1.82) is 0 Å². The summed E-state index contributed by atoms with van der Waals surface area (Å²) in [5, 5.41) is 13.9. The van der Waals surface area contributed by atoms with Crippen LogP contribution in [0.15, 0.2) is 12.3 Å². The number of fused-ring (bicyclic) bond motifs is 1. The van der Waals surface area contributed by atoms with Crippen molar-refractivity contribution in [1.82, 2.24) is 35.1 Å². The number of nitrogens with one attached hydrogen (secondary N) is 2. The Balaban J connectivity index is 1.60. The number of rotatable bonds is 5. The van der Waals surface area contributed by atoms with Crippen molar-refractivity contribution in [2.75, 3.05) is 6.54 Å². The minimum absolute atomic E-state index is 0.144. The highest BCUT2D eigenvalue weighted by atomic mass is 16.2. The van der Waals surface area contributed by atoms with E-state index in [-0.39, 0.29) is 11.7 Å². The molecular weight excluding hydrogens is 294 g/mol. The zero-order valence-corrected chi connectivity index (χ0v) is 13.4. The molecule has 8 nitrogen and oxygen atoms in total. The molecule has 120 valence electrons. The lowest BCUT2D eigenvalue weighted by atomic mass is 10.1. The Morgan fingerprint density at radius 3 is 2.87 bits per heavy atom. The van der Waals surface area contributed by atoms with Gasteiger partial charge in [0.05, 0.1) is 6.20 Å². The van der Waals surface area contributed by atoms with E-state index in [9.17, 15) is 4.79 Å². The molecule has 0 atom stereocenters. The molecule has 3 aromatic heterocycles. The molecule has 0 bridgehead atoms. The molecule has 1 amide bonds. The first-order valence-corrected chi connectivity index (χ1v) is 7.52. The van der Waals surface area contributed by atoms with Gasteiger partial charge in [0.2, 0.25) is 5.82 Å². The third kappa shape index (κ3) is 3.20. The van der Waals surface area contributed by atoms with Crippen LogP contribution in [-0.4, -0.2) is 42.2 Å². The summed E-state index contributed by atoms with van der Waals surface area (Å²) < 4.78 is 1.58. The van der Waals surface area contributed by atoms with Crippen LogP contribution >= 0.6 is 0 Å². The Bertz CT molecular complexity index is 849. The molecule has 0 fully saturated rings. The van der Waals surface area contributed by atoms with Crippen LogP contribution in [0.3, 0.4) is 0 Å². The quantitative estimate of drug-likeness (QED) is 0.688. The number of hydrogen-bond donors (Lipinski definition) is 2. The van der Waals surface area contributed by atoms with Crippen molar-refractivity contribution >= 4 is 11.7 Å². The van der Waals surface area contributed by atoms with Gasteiger partial charge in [0.1, 0.15) is 0 Å². The Morgan fingerprint density at radius 1 is 1.30 bits per heavy atom. The molecule has 3 aromatic rings. The van der Waals surface area contributed by atoms with Gasteiger partial charge in [-0.3, -0.25) is 9.89 Å². The van der Waals surface area contributed by atoms with Crippen LogP contribution in [-0.2, 0) is 6.42 Å². The van der Waals surface area contributed by atoms with Crippen molar-refractivity contribution in [2.45, 2.75) is 33.6 Å². The van der Waals surface area contributed by atoms with Crippen molar-refractivity contribution in [2.24, 2.45) is 0 Å². The lowest BCUT2D eigenvalue weighted by Gasteiger charge is -2.02. The second-order valence-corrected chi connectivity index (χ2v) is 5.57. The second-order valence-electron chi connectivity index (χ2n) is 5.57. The summed E-state index contributed by atoms with van der Waals surface area (Å²) in [4.78, 5) is 20.6. The van der Waals surface area contributed by atoms with E-state index in [0.717, 1.165) is 29.9 Å². The zero-order chi connectivity index (χ0) is 16.4. The maximum Gasteiger partial charge on any atom is 0.291 e. The number of carbonyl (C=O) groups excluding carboxylic acids is 1. The first kappa shape index (κ1) is 15.1. The molecule has 0 aliphatic rings.